The number of rotatable bonds is 7. The average molecular weight is 259 g/mol. The summed E-state index contributed by atoms with van der Waals surface area (Å²) in [6.07, 6.45) is 2.85. The summed E-state index contributed by atoms with van der Waals surface area (Å²) in [6, 6.07) is 3.59. The molecule has 4 nitrogen and oxygen atoms in total. The van der Waals surface area contributed by atoms with Crippen molar-refractivity contribution >= 4 is 17.4 Å². The lowest BCUT2D eigenvalue weighted by Crippen LogP contribution is -2.20. The van der Waals surface area contributed by atoms with Crippen LogP contribution in [0, 0.1) is 0 Å². The maximum absolute atomic E-state index is 9.08. The Labute approximate surface area is 107 Å². The largest absolute Gasteiger partial charge is 0.396 e. The van der Waals surface area contributed by atoms with Gasteiger partial charge in [0.05, 0.1) is 17.3 Å². The average Bonchev–Trinajstić information content (AvgIpc) is 2.35. The van der Waals surface area contributed by atoms with E-state index in [9.17, 15) is 0 Å². The van der Waals surface area contributed by atoms with Crippen LogP contribution in [0.5, 0.6) is 0 Å². The van der Waals surface area contributed by atoms with E-state index in [2.05, 4.69) is 4.98 Å². The highest BCUT2D eigenvalue weighted by Crippen LogP contribution is 2.18. The smallest absolute Gasteiger partial charge is 0.128 e. The highest BCUT2D eigenvalue weighted by molar-refractivity contribution is 6.31. The van der Waals surface area contributed by atoms with Gasteiger partial charge in [0.1, 0.15) is 5.82 Å². The Morgan fingerprint density at radius 2 is 2.00 bits per heavy atom. The number of pyridine rings is 1. The maximum atomic E-state index is 9.08. The number of halogens is 1. The van der Waals surface area contributed by atoms with Crippen LogP contribution in [-0.2, 0) is 6.61 Å². The highest BCUT2D eigenvalue weighted by Gasteiger charge is 2.06. The summed E-state index contributed by atoms with van der Waals surface area (Å²) in [7, 11) is 1.95. The monoisotopic (exact) mass is 258 g/mol. The molecule has 0 spiro atoms. The zero-order chi connectivity index (χ0) is 12.7. The van der Waals surface area contributed by atoms with Crippen molar-refractivity contribution in [2.75, 3.05) is 25.1 Å². The van der Waals surface area contributed by atoms with Gasteiger partial charge in [-0.2, -0.15) is 0 Å². The van der Waals surface area contributed by atoms with Crippen LogP contribution < -0.4 is 4.90 Å². The Morgan fingerprint density at radius 1 is 1.24 bits per heavy atom. The molecular weight excluding hydrogens is 240 g/mol. The highest BCUT2D eigenvalue weighted by atomic mass is 35.5. The first-order chi connectivity index (χ1) is 8.19. The van der Waals surface area contributed by atoms with E-state index < -0.39 is 0 Å². The summed E-state index contributed by atoms with van der Waals surface area (Å²) in [5, 5.41) is 18.2. The van der Waals surface area contributed by atoms with Gasteiger partial charge < -0.3 is 15.1 Å². The van der Waals surface area contributed by atoms with Crippen molar-refractivity contribution < 1.29 is 10.2 Å². The molecule has 0 aromatic carbocycles. The van der Waals surface area contributed by atoms with Gasteiger partial charge in [0.2, 0.25) is 0 Å². The van der Waals surface area contributed by atoms with Gasteiger partial charge in [-0.05, 0) is 31.4 Å². The molecule has 17 heavy (non-hydrogen) atoms. The van der Waals surface area contributed by atoms with E-state index in [1.807, 2.05) is 18.0 Å². The molecule has 1 heterocycles. The first kappa shape index (κ1) is 14.2. The molecule has 0 amide bonds. The van der Waals surface area contributed by atoms with Gasteiger partial charge in [-0.1, -0.05) is 11.6 Å². The van der Waals surface area contributed by atoms with Crippen LogP contribution in [0.3, 0.4) is 0 Å². The summed E-state index contributed by atoms with van der Waals surface area (Å²) in [6.45, 7) is 0.974. The Bertz CT molecular complexity index is 347. The molecule has 0 aliphatic carbocycles. The third-order valence-electron chi connectivity index (χ3n) is 2.60. The van der Waals surface area contributed by atoms with Crippen LogP contribution in [0.15, 0.2) is 12.1 Å². The van der Waals surface area contributed by atoms with Gasteiger partial charge in [-0.25, -0.2) is 4.98 Å². The second-order valence-corrected chi connectivity index (χ2v) is 4.37. The summed E-state index contributed by atoms with van der Waals surface area (Å²) in [4.78, 5) is 6.30. The third-order valence-corrected chi connectivity index (χ3v) is 2.94. The van der Waals surface area contributed by atoms with E-state index >= 15 is 0 Å². The molecule has 0 atom stereocenters. The lowest BCUT2D eigenvalue weighted by molar-refractivity contribution is 0.277. The number of nitrogens with zero attached hydrogens (tertiary/aromatic N) is 2. The molecule has 0 saturated carbocycles. The lowest BCUT2D eigenvalue weighted by atomic mass is 10.2. The van der Waals surface area contributed by atoms with E-state index in [-0.39, 0.29) is 13.2 Å². The minimum Gasteiger partial charge on any atom is -0.396 e. The van der Waals surface area contributed by atoms with Crippen LogP contribution in [-0.4, -0.2) is 35.4 Å². The number of anilines is 1. The molecule has 0 radical (unpaired) electrons. The Morgan fingerprint density at radius 3 is 2.65 bits per heavy atom. The molecule has 1 rings (SSSR count). The van der Waals surface area contributed by atoms with E-state index in [0.29, 0.717) is 10.7 Å². The zero-order valence-corrected chi connectivity index (χ0v) is 10.8. The molecule has 96 valence electrons. The third kappa shape index (κ3) is 4.50. The molecule has 0 fully saturated rings. The van der Waals surface area contributed by atoms with Crippen LogP contribution in [0.2, 0.25) is 5.02 Å². The Hall–Kier alpha value is -0.840. The van der Waals surface area contributed by atoms with E-state index in [4.69, 9.17) is 21.8 Å². The minimum atomic E-state index is -0.148. The molecule has 5 heteroatoms. The van der Waals surface area contributed by atoms with Gasteiger partial charge in [0.15, 0.2) is 0 Å². The molecular formula is C12H19ClN2O2. The second-order valence-electron chi connectivity index (χ2n) is 3.96. The van der Waals surface area contributed by atoms with Gasteiger partial charge >= 0.3 is 0 Å². The van der Waals surface area contributed by atoms with Gasteiger partial charge in [0.25, 0.3) is 0 Å². The van der Waals surface area contributed by atoms with Crippen LogP contribution in [0.1, 0.15) is 25.0 Å². The fourth-order valence-electron chi connectivity index (χ4n) is 1.55. The number of unbranched alkanes of at least 4 members (excludes halogenated alkanes) is 2. The van der Waals surface area contributed by atoms with E-state index in [1.165, 1.54) is 0 Å². The Kier molecular flexibility index (Phi) is 6.26. The molecule has 0 aliphatic heterocycles. The molecule has 0 unspecified atom stereocenters. The van der Waals surface area contributed by atoms with Crippen molar-refractivity contribution in [3.63, 3.8) is 0 Å². The van der Waals surface area contributed by atoms with Crippen molar-refractivity contribution in [3.05, 3.63) is 22.8 Å². The zero-order valence-electron chi connectivity index (χ0n) is 10.1. The molecule has 1 aromatic rings. The van der Waals surface area contributed by atoms with Crippen LogP contribution >= 0.6 is 11.6 Å². The first-order valence-electron chi connectivity index (χ1n) is 5.77. The maximum Gasteiger partial charge on any atom is 0.128 e. The Balaban J connectivity index is 2.53. The predicted octanol–water partition coefficient (Wildman–Crippen LogP) is 1.83. The number of aromatic nitrogens is 1. The molecule has 0 aliphatic rings. The summed E-state index contributed by atoms with van der Waals surface area (Å²) in [5.74, 6) is 0.808. The molecule has 0 saturated heterocycles. The fourth-order valence-corrected chi connectivity index (χ4v) is 1.71. The molecule has 2 N–H and O–H groups in total. The van der Waals surface area contributed by atoms with Crippen molar-refractivity contribution in [3.8, 4) is 0 Å². The van der Waals surface area contributed by atoms with Gasteiger partial charge in [0, 0.05) is 20.2 Å². The van der Waals surface area contributed by atoms with Crippen molar-refractivity contribution in [1.82, 2.24) is 4.98 Å². The topological polar surface area (TPSA) is 56.6 Å². The summed E-state index contributed by atoms with van der Waals surface area (Å²) >= 11 is 5.88. The van der Waals surface area contributed by atoms with Gasteiger partial charge in [-0.15, -0.1) is 0 Å². The summed E-state index contributed by atoms with van der Waals surface area (Å²) in [5.41, 5.74) is 0.506. The van der Waals surface area contributed by atoms with E-state index in [0.717, 1.165) is 31.6 Å². The van der Waals surface area contributed by atoms with Gasteiger partial charge in [-0.3, -0.25) is 0 Å². The summed E-state index contributed by atoms with van der Waals surface area (Å²) < 4.78 is 0. The van der Waals surface area contributed by atoms with Crippen molar-refractivity contribution in [2.45, 2.75) is 25.9 Å². The SMILES string of the molecule is CN(CCCCCO)c1ccc(Cl)c(CO)n1. The standard InChI is InChI=1S/C12H19ClN2O2/c1-15(7-3-2-4-8-16)12-6-5-10(13)11(9-17)14-12/h5-6,16-17H,2-4,7-9H2,1H3. The minimum absolute atomic E-state index is 0.148. The first-order valence-corrected chi connectivity index (χ1v) is 6.15. The predicted molar refractivity (Wildman–Crippen MR) is 69.4 cm³/mol. The molecule has 1 aromatic heterocycles. The fraction of sp³-hybridized carbons (Fsp3) is 0.583. The normalized spacial score (nSPS) is 10.6. The number of aliphatic hydroxyl groups excluding tert-OH is 2. The van der Waals surface area contributed by atoms with Crippen molar-refractivity contribution in [2.24, 2.45) is 0 Å². The number of hydrogen-bond acceptors (Lipinski definition) is 4. The van der Waals surface area contributed by atoms with Crippen LogP contribution in [0.25, 0.3) is 0 Å². The second kappa shape index (κ2) is 7.48. The van der Waals surface area contributed by atoms with Crippen LogP contribution in [0.4, 0.5) is 5.82 Å². The molecule has 0 bridgehead atoms. The number of aliphatic hydroxyl groups is 2. The number of hydrogen-bond donors (Lipinski definition) is 2. The van der Waals surface area contributed by atoms with E-state index in [1.54, 1.807) is 6.07 Å². The lowest BCUT2D eigenvalue weighted by Gasteiger charge is -2.18. The quantitative estimate of drug-likeness (QED) is 0.733. The van der Waals surface area contributed by atoms with Crippen molar-refractivity contribution in [1.29, 1.82) is 0 Å².